The van der Waals surface area contributed by atoms with Gasteiger partial charge in [0, 0.05) is 18.7 Å². The summed E-state index contributed by atoms with van der Waals surface area (Å²) in [6.45, 7) is 5.11. The Morgan fingerprint density at radius 2 is 2.25 bits per heavy atom. The Kier molecular flexibility index (Phi) is 5.32. The van der Waals surface area contributed by atoms with Crippen LogP contribution in [0.5, 0.6) is 0 Å². The van der Waals surface area contributed by atoms with Crippen LogP contribution in [0.3, 0.4) is 0 Å². The van der Waals surface area contributed by atoms with Crippen LogP contribution in [0.25, 0.3) is 0 Å². The molecule has 0 rings (SSSR count). The zero-order chi connectivity index (χ0) is 9.56. The third-order valence-electron chi connectivity index (χ3n) is 1.35. The van der Waals surface area contributed by atoms with E-state index in [-0.39, 0.29) is 25.5 Å². The summed E-state index contributed by atoms with van der Waals surface area (Å²) in [5.41, 5.74) is 0.409. The van der Waals surface area contributed by atoms with E-state index in [2.05, 4.69) is 11.9 Å². The number of hydrogen-bond donors (Lipinski definition) is 3. The van der Waals surface area contributed by atoms with E-state index in [0.29, 0.717) is 5.57 Å². The summed E-state index contributed by atoms with van der Waals surface area (Å²) >= 11 is 0. The third kappa shape index (κ3) is 4.87. The minimum atomic E-state index is -0.682. The van der Waals surface area contributed by atoms with Crippen LogP contribution in [0.1, 0.15) is 13.3 Å². The SMILES string of the molecule is C=C(C)C(=O)NCC(O)CCO. The van der Waals surface area contributed by atoms with Gasteiger partial charge in [-0.25, -0.2) is 0 Å². The lowest BCUT2D eigenvalue weighted by molar-refractivity contribution is -0.117. The van der Waals surface area contributed by atoms with Crippen LogP contribution >= 0.6 is 0 Å². The molecule has 0 fully saturated rings. The Bertz CT molecular complexity index is 168. The number of hydrogen-bond acceptors (Lipinski definition) is 3. The van der Waals surface area contributed by atoms with Crippen molar-refractivity contribution in [3.05, 3.63) is 12.2 Å². The maximum atomic E-state index is 10.9. The van der Waals surface area contributed by atoms with Crippen LogP contribution in [-0.4, -0.2) is 35.4 Å². The Morgan fingerprint density at radius 1 is 1.67 bits per heavy atom. The topological polar surface area (TPSA) is 69.6 Å². The maximum Gasteiger partial charge on any atom is 0.246 e. The highest BCUT2D eigenvalue weighted by Crippen LogP contribution is 1.90. The largest absolute Gasteiger partial charge is 0.396 e. The molecule has 0 aromatic carbocycles. The molecule has 0 aromatic heterocycles. The van der Waals surface area contributed by atoms with Crippen molar-refractivity contribution in [2.45, 2.75) is 19.4 Å². The summed E-state index contributed by atoms with van der Waals surface area (Å²) in [5, 5.41) is 20.0. The Labute approximate surface area is 71.9 Å². The fraction of sp³-hybridized carbons (Fsp3) is 0.625. The van der Waals surface area contributed by atoms with Gasteiger partial charge in [0.25, 0.3) is 0 Å². The van der Waals surface area contributed by atoms with Gasteiger partial charge in [0.2, 0.25) is 5.91 Å². The van der Waals surface area contributed by atoms with E-state index in [0.717, 1.165) is 0 Å². The Hall–Kier alpha value is -0.870. The summed E-state index contributed by atoms with van der Waals surface area (Å²) in [6.07, 6.45) is -0.408. The molecule has 1 unspecified atom stereocenters. The molecule has 0 bridgehead atoms. The summed E-state index contributed by atoms with van der Waals surface area (Å²) < 4.78 is 0. The van der Waals surface area contributed by atoms with E-state index in [1.807, 2.05) is 0 Å². The first kappa shape index (κ1) is 11.1. The van der Waals surface area contributed by atoms with E-state index in [1.54, 1.807) is 6.92 Å². The second-order valence-electron chi connectivity index (χ2n) is 2.66. The molecule has 0 heterocycles. The van der Waals surface area contributed by atoms with Crippen LogP contribution in [0, 0.1) is 0 Å². The van der Waals surface area contributed by atoms with Gasteiger partial charge >= 0.3 is 0 Å². The van der Waals surface area contributed by atoms with Crippen molar-refractivity contribution in [2.24, 2.45) is 0 Å². The predicted molar refractivity (Wildman–Crippen MR) is 45.5 cm³/mol. The molecule has 0 aromatic rings. The molecule has 1 amide bonds. The molecule has 3 N–H and O–H groups in total. The van der Waals surface area contributed by atoms with Crippen LogP contribution in [0.2, 0.25) is 0 Å². The third-order valence-corrected chi connectivity index (χ3v) is 1.35. The molecule has 4 nitrogen and oxygen atoms in total. The maximum absolute atomic E-state index is 10.9. The zero-order valence-corrected chi connectivity index (χ0v) is 7.21. The minimum Gasteiger partial charge on any atom is -0.396 e. The summed E-state index contributed by atoms with van der Waals surface area (Å²) in [5.74, 6) is -0.271. The number of amides is 1. The van der Waals surface area contributed by atoms with E-state index < -0.39 is 6.10 Å². The lowest BCUT2D eigenvalue weighted by Crippen LogP contribution is -2.32. The summed E-state index contributed by atoms with van der Waals surface area (Å²) in [4.78, 5) is 10.9. The number of nitrogens with one attached hydrogen (secondary N) is 1. The highest BCUT2D eigenvalue weighted by molar-refractivity contribution is 5.92. The van der Waals surface area contributed by atoms with Crippen molar-refractivity contribution in [1.29, 1.82) is 0 Å². The second kappa shape index (κ2) is 5.74. The lowest BCUT2D eigenvalue weighted by Gasteiger charge is -2.09. The minimum absolute atomic E-state index is 0.0793. The average Bonchev–Trinajstić information content (AvgIpc) is 2.00. The van der Waals surface area contributed by atoms with E-state index >= 15 is 0 Å². The lowest BCUT2D eigenvalue weighted by atomic mass is 10.2. The first-order valence-electron chi connectivity index (χ1n) is 3.80. The van der Waals surface area contributed by atoms with Crippen molar-refractivity contribution in [1.82, 2.24) is 5.32 Å². The molecule has 0 aliphatic heterocycles. The van der Waals surface area contributed by atoms with Crippen molar-refractivity contribution in [3.63, 3.8) is 0 Å². The van der Waals surface area contributed by atoms with Crippen LogP contribution in [0.4, 0.5) is 0 Å². The molecule has 0 spiro atoms. The average molecular weight is 173 g/mol. The summed E-state index contributed by atoms with van der Waals surface area (Å²) in [7, 11) is 0. The van der Waals surface area contributed by atoms with Gasteiger partial charge in [-0.15, -0.1) is 0 Å². The monoisotopic (exact) mass is 173 g/mol. The Balaban J connectivity index is 3.54. The van der Waals surface area contributed by atoms with E-state index in [4.69, 9.17) is 10.2 Å². The van der Waals surface area contributed by atoms with Crippen LogP contribution < -0.4 is 5.32 Å². The van der Waals surface area contributed by atoms with Crippen molar-refractivity contribution in [2.75, 3.05) is 13.2 Å². The van der Waals surface area contributed by atoms with E-state index in [1.165, 1.54) is 0 Å². The first-order valence-corrected chi connectivity index (χ1v) is 3.80. The normalized spacial score (nSPS) is 12.2. The zero-order valence-electron chi connectivity index (χ0n) is 7.21. The number of carbonyl (C=O) groups is 1. The quantitative estimate of drug-likeness (QED) is 0.487. The van der Waals surface area contributed by atoms with Crippen molar-refractivity contribution < 1.29 is 15.0 Å². The fourth-order valence-corrected chi connectivity index (χ4v) is 0.612. The van der Waals surface area contributed by atoms with Gasteiger partial charge in [-0.05, 0) is 13.3 Å². The number of aliphatic hydroxyl groups excluding tert-OH is 2. The molecule has 0 saturated heterocycles. The van der Waals surface area contributed by atoms with Crippen molar-refractivity contribution >= 4 is 5.91 Å². The molecular weight excluding hydrogens is 158 g/mol. The van der Waals surface area contributed by atoms with Gasteiger partial charge in [0.05, 0.1) is 6.10 Å². The van der Waals surface area contributed by atoms with Gasteiger partial charge in [-0.3, -0.25) is 4.79 Å². The molecule has 0 aliphatic carbocycles. The van der Waals surface area contributed by atoms with E-state index in [9.17, 15) is 4.79 Å². The summed E-state index contributed by atoms with van der Waals surface area (Å²) in [6, 6.07) is 0. The molecule has 1 atom stereocenters. The van der Waals surface area contributed by atoms with Crippen molar-refractivity contribution in [3.8, 4) is 0 Å². The second-order valence-corrected chi connectivity index (χ2v) is 2.66. The van der Waals surface area contributed by atoms with Crippen LogP contribution in [-0.2, 0) is 4.79 Å². The standard InChI is InChI=1S/C8H15NO3/c1-6(2)8(12)9-5-7(11)3-4-10/h7,10-11H,1,3-5H2,2H3,(H,9,12). The number of aliphatic hydroxyl groups is 2. The fourth-order valence-electron chi connectivity index (χ4n) is 0.612. The molecule has 0 saturated carbocycles. The molecule has 12 heavy (non-hydrogen) atoms. The molecule has 70 valence electrons. The van der Waals surface area contributed by atoms with Gasteiger partial charge in [0.1, 0.15) is 0 Å². The predicted octanol–water partition coefficient (Wildman–Crippen LogP) is -0.578. The smallest absolute Gasteiger partial charge is 0.246 e. The molecular formula is C8H15NO3. The number of carbonyl (C=O) groups excluding carboxylic acids is 1. The molecule has 0 radical (unpaired) electrons. The number of rotatable bonds is 5. The van der Waals surface area contributed by atoms with Gasteiger partial charge in [0.15, 0.2) is 0 Å². The Morgan fingerprint density at radius 3 is 2.67 bits per heavy atom. The highest BCUT2D eigenvalue weighted by Gasteiger charge is 2.05. The van der Waals surface area contributed by atoms with Crippen LogP contribution in [0.15, 0.2) is 12.2 Å². The van der Waals surface area contributed by atoms with Gasteiger partial charge in [-0.2, -0.15) is 0 Å². The van der Waals surface area contributed by atoms with Gasteiger partial charge in [-0.1, -0.05) is 6.58 Å². The molecule has 4 heteroatoms. The highest BCUT2D eigenvalue weighted by atomic mass is 16.3. The van der Waals surface area contributed by atoms with Gasteiger partial charge < -0.3 is 15.5 Å². The molecule has 0 aliphatic rings. The first-order chi connectivity index (χ1) is 5.57.